The van der Waals surface area contributed by atoms with Crippen molar-refractivity contribution in [2.75, 3.05) is 9.80 Å². The normalized spacial score (nSPS) is 11.9. The van der Waals surface area contributed by atoms with Crippen LogP contribution >= 0.6 is 0 Å². The zero-order valence-corrected chi connectivity index (χ0v) is 30.7. The standard InChI is InChI=1S/C54H40N2/c1-5-13-41(14-6-1)45-25-33-51(34-26-45)55(49-17-9-3-10-18-49)53-37-29-47(30-38-53)43-21-23-44(24-22-43)48-31-39-54(40-32-48)56(50-19-11-4-12-20-50)52-35-27-46(28-36-52)42-15-7-2-8-16-42/h1-40H/i29D,30D,37D,38D. The van der Waals surface area contributed by atoms with Gasteiger partial charge in [-0.05, 0) is 117 Å². The van der Waals surface area contributed by atoms with E-state index in [2.05, 4.69) is 102 Å². The third-order valence-electron chi connectivity index (χ3n) is 9.96. The second-order valence-electron chi connectivity index (χ2n) is 13.5. The summed E-state index contributed by atoms with van der Waals surface area (Å²) in [7, 11) is 0. The molecule has 9 aromatic carbocycles. The van der Waals surface area contributed by atoms with E-state index in [1.54, 1.807) is 0 Å². The first-order valence-corrected chi connectivity index (χ1v) is 18.8. The first kappa shape index (κ1) is 30.0. The summed E-state index contributed by atoms with van der Waals surface area (Å²) in [6.07, 6.45) is 0. The van der Waals surface area contributed by atoms with Crippen LogP contribution < -0.4 is 9.80 Å². The largest absolute Gasteiger partial charge is 0.311 e. The zero-order chi connectivity index (χ0) is 41.0. The summed E-state index contributed by atoms with van der Waals surface area (Å²) in [5.74, 6) is 0. The zero-order valence-electron chi connectivity index (χ0n) is 34.7. The minimum atomic E-state index is -0.112. The first-order chi connectivity index (χ1) is 29.4. The fourth-order valence-electron chi connectivity index (χ4n) is 7.07. The molecule has 2 heteroatoms. The molecule has 9 rings (SSSR count). The van der Waals surface area contributed by atoms with E-state index >= 15 is 0 Å². The lowest BCUT2D eigenvalue weighted by Crippen LogP contribution is -2.09. The molecule has 0 bridgehead atoms. The Hall–Kier alpha value is -7.42. The molecule has 0 saturated carbocycles. The number of anilines is 6. The fraction of sp³-hybridized carbons (Fsp3) is 0. The minimum absolute atomic E-state index is 0.0947. The van der Waals surface area contributed by atoms with Crippen molar-refractivity contribution in [1.82, 2.24) is 0 Å². The number of hydrogen-bond donors (Lipinski definition) is 0. The molecule has 56 heavy (non-hydrogen) atoms. The molecule has 0 spiro atoms. The minimum Gasteiger partial charge on any atom is -0.311 e. The van der Waals surface area contributed by atoms with Crippen molar-refractivity contribution < 1.29 is 5.48 Å². The first-order valence-electron chi connectivity index (χ1n) is 20.8. The van der Waals surface area contributed by atoms with Crippen LogP contribution in [-0.2, 0) is 0 Å². The van der Waals surface area contributed by atoms with E-state index in [0.29, 0.717) is 5.56 Å². The van der Waals surface area contributed by atoms with E-state index in [9.17, 15) is 5.48 Å². The van der Waals surface area contributed by atoms with Gasteiger partial charge >= 0.3 is 0 Å². The van der Waals surface area contributed by atoms with Gasteiger partial charge in [0.15, 0.2) is 0 Å². The van der Waals surface area contributed by atoms with Crippen LogP contribution in [0.15, 0.2) is 243 Å². The lowest BCUT2D eigenvalue weighted by Gasteiger charge is -2.26. The summed E-state index contributed by atoms with van der Waals surface area (Å²) in [6, 6.07) is 72.7. The molecule has 0 aliphatic heterocycles. The summed E-state index contributed by atoms with van der Waals surface area (Å²) in [4.78, 5) is 4.05. The maximum Gasteiger partial charge on any atom is 0.0645 e. The summed E-state index contributed by atoms with van der Waals surface area (Å²) in [5, 5.41) is 0. The average molecular weight is 721 g/mol. The van der Waals surface area contributed by atoms with Gasteiger partial charge in [0.2, 0.25) is 0 Å². The molecule has 0 heterocycles. The Balaban J connectivity index is 1.02. The highest BCUT2D eigenvalue weighted by Crippen LogP contribution is 2.39. The van der Waals surface area contributed by atoms with Gasteiger partial charge in [-0.1, -0.05) is 170 Å². The van der Waals surface area contributed by atoms with Gasteiger partial charge in [0, 0.05) is 34.1 Å². The van der Waals surface area contributed by atoms with Crippen LogP contribution in [0.3, 0.4) is 0 Å². The van der Waals surface area contributed by atoms with E-state index in [1.807, 2.05) is 126 Å². The second kappa shape index (κ2) is 15.9. The van der Waals surface area contributed by atoms with Crippen LogP contribution in [0.1, 0.15) is 5.48 Å². The van der Waals surface area contributed by atoms with Gasteiger partial charge in [0.05, 0.1) is 5.48 Å². The number of nitrogens with zero attached hydrogens (tertiary/aromatic N) is 2. The highest BCUT2D eigenvalue weighted by atomic mass is 15.1. The molecule has 0 N–H and O–H groups in total. The Kier molecular flexibility index (Phi) is 8.51. The van der Waals surface area contributed by atoms with E-state index in [0.717, 1.165) is 56.3 Å². The molecule has 0 aliphatic rings. The third kappa shape index (κ3) is 7.37. The van der Waals surface area contributed by atoms with Crippen molar-refractivity contribution in [1.29, 1.82) is 0 Å². The smallest absolute Gasteiger partial charge is 0.0645 e. The van der Waals surface area contributed by atoms with Crippen molar-refractivity contribution >= 4 is 34.1 Å². The second-order valence-corrected chi connectivity index (χ2v) is 13.5. The van der Waals surface area contributed by atoms with Gasteiger partial charge in [0.25, 0.3) is 0 Å². The molecule has 0 saturated heterocycles. The Labute approximate surface area is 335 Å². The predicted octanol–water partition coefficient (Wildman–Crippen LogP) is 15.3. The van der Waals surface area contributed by atoms with Crippen molar-refractivity contribution in [3.63, 3.8) is 0 Å². The van der Waals surface area contributed by atoms with E-state index in [-0.39, 0.29) is 35.4 Å². The molecular formula is C54H40N2. The molecular weight excluding hydrogens is 677 g/mol. The van der Waals surface area contributed by atoms with Crippen LogP contribution in [0.5, 0.6) is 0 Å². The van der Waals surface area contributed by atoms with Crippen molar-refractivity contribution in [3.05, 3.63) is 243 Å². The molecule has 0 aliphatic carbocycles. The quantitative estimate of drug-likeness (QED) is 0.139. The summed E-state index contributed by atoms with van der Waals surface area (Å²) in [5.41, 5.74) is 12.1. The number of hydrogen-bond acceptors (Lipinski definition) is 2. The van der Waals surface area contributed by atoms with Gasteiger partial charge in [-0.15, -0.1) is 0 Å². The number of benzene rings is 9. The van der Waals surface area contributed by atoms with Gasteiger partial charge in [0.1, 0.15) is 0 Å². The Morgan fingerprint density at radius 3 is 0.768 bits per heavy atom. The lowest BCUT2D eigenvalue weighted by atomic mass is 9.99. The number of para-hydroxylation sites is 2. The molecule has 0 radical (unpaired) electrons. The third-order valence-corrected chi connectivity index (χ3v) is 9.96. The average Bonchev–Trinajstić information content (AvgIpc) is 3.32. The maximum absolute atomic E-state index is 9.30. The van der Waals surface area contributed by atoms with Crippen LogP contribution in [-0.4, -0.2) is 0 Å². The van der Waals surface area contributed by atoms with Crippen LogP contribution in [0.2, 0.25) is 0 Å². The van der Waals surface area contributed by atoms with E-state index in [4.69, 9.17) is 0 Å². The lowest BCUT2D eigenvalue weighted by molar-refractivity contribution is 1.28. The fourth-order valence-corrected chi connectivity index (χ4v) is 7.07. The highest BCUT2D eigenvalue weighted by Gasteiger charge is 2.15. The van der Waals surface area contributed by atoms with Crippen LogP contribution in [0, 0.1) is 0 Å². The predicted molar refractivity (Wildman–Crippen MR) is 238 cm³/mol. The molecule has 0 atom stereocenters. The van der Waals surface area contributed by atoms with Crippen LogP contribution in [0.25, 0.3) is 44.5 Å². The van der Waals surface area contributed by atoms with Gasteiger partial charge in [-0.25, -0.2) is 0 Å². The van der Waals surface area contributed by atoms with E-state index in [1.165, 1.54) is 5.56 Å². The van der Waals surface area contributed by atoms with Gasteiger partial charge in [-0.3, -0.25) is 0 Å². The molecule has 2 nitrogen and oxygen atoms in total. The topological polar surface area (TPSA) is 6.48 Å². The van der Waals surface area contributed by atoms with E-state index < -0.39 is 0 Å². The van der Waals surface area contributed by atoms with Gasteiger partial charge < -0.3 is 9.80 Å². The summed E-state index contributed by atoms with van der Waals surface area (Å²) in [6.45, 7) is 0. The molecule has 0 fully saturated rings. The SMILES string of the molecule is [2H]c1c([2H])c(N(c2ccccc2)c2ccc(-c3ccccc3)cc2)c([2H])c([2H])c1-c1ccc(-c2ccc(N(c3ccccc3)c3ccc(-c4ccccc4)cc3)cc2)cc1. The Bertz CT molecular complexity index is 2820. The molecule has 0 amide bonds. The molecule has 266 valence electrons. The molecule has 9 aromatic rings. The number of rotatable bonds is 10. The van der Waals surface area contributed by atoms with Crippen molar-refractivity contribution in [3.8, 4) is 44.5 Å². The van der Waals surface area contributed by atoms with Gasteiger partial charge in [-0.2, -0.15) is 0 Å². The monoisotopic (exact) mass is 720 g/mol. The van der Waals surface area contributed by atoms with Crippen LogP contribution in [0.4, 0.5) is 34.1 Å². The maximum atomic E-state index is 9.30. The van der Waals surface area contributed by atoms with Crippen molar-refractivity contribution in [2.45, 2.75) is 0 Å². The summed E-state index contributed by atoms with van der Waals surface area (Å²) < 4.78 is 37.1. The molecule has 0 unspecified atom stereocenters. The highest BCUT2D eigenvalue weighted by molar-refractivity contribution is 5.82. The Morgan fingerprint density at radius 1 is 0.196 bits per heavy atom. The Morgan fingerprint density at radius 2 is 0.429 bits per heavy atom. The summed E-state index contributed by atoms with van der Waals surface area (Å²) >= 11 is 0. The molecule has 0 aromatic heterocycles. The van der Waals surface area contributed by atoms with Crippen molar-refractivity contribution in [2.24, 2.45) is 0 Å².